The van der Waals surface area contributed by atoms with E-state index < -0.39 is 35.7 Å². The number of rotatable bonds is 8. The maximum absolute atomic E-state index is 14.1. The number of aromatic amines is 1. The van der Waals surface area contributed by atoms with E-state index in [1.165, 1.54) is 0 Å². The zero-order chi connectivity index (χ0) is 25.4. The Balaban J connectivity index is 1.32. The molecule has 8 nitrogen and oxygen atoms in total. The largest absolute Gasteiger partial charge is 0.356 e. The van der Waals surface area contributed by atoms with Crippen molar-refractivity contribution < 1.29 is 28.0 Å². The van der Waals surface area contributed by atoms with Gasteiger partial charge in [0.25, 0.3) is 5.91 Å². The summed E-state index contributed by atoms with van der Waals surface area (Å²) in [4.78, 5) is 53.6. The van der Waals surface area contributed by atoms with E-state index in [2.05, 4.69) is 20.9 Å². The SMILES string of the molecule is O=CC1(NC(=O)[C@H](CC2CCC(F)C(F)C2)NC(=O)c2cc3ccccc3[nH]2)CC1[C@@H]1CCNC1=O. The van der Waals surface area contributed by atoms with Crippen LogP contribution in [0, 0.1) is 17.8 Å². The van der Waals surface area contributed by atoms with Crippen molar-refractivity contribution in [3.63, 3.8) is 0 Å². The van der Waals surface area contributed by atoms with Crippen LogP contribution in [0.15, 0.2) is 30.3 Å². The molecule has 5 unspecified atom stereocenters. The molecule has 2 heterocycles. The lowest BCUT2D eigenvalue weighted by Gasteiger charge is -2.30. The fraction of sp³-hybridized carbons (Fsp3) is 0.538. The van der Waals surface area contributed by atoms with Crippen LogP contribution in [0.25, 0.3) is 10.9 Å². The molecule has 3 aliphatic rings. The Bertz CT molecular complexity index is 1150. The molecule has 3 fully saturated rings. The summed E-state index contributed by atoms with van der Waals surface area (Å²) < 4.78 is 27.7. The molecular weight excluding hydrogens is 470 g/mol. The van der Waals surface area contributed by atoms with Crippen molar-refractivity contribution in [2.24, 2.45) is 17.8 Å². The molecule has 0 radical (unpaired) electrons. The summed E-state index contributed by atoms with van der Waals surface area (Å²) in [5.74, 6) is -2.15. The second-order valence-corrected chi connectivity index (χ2v) is 10.4. The third-order valence-corrected chi connectivity index (χ3v) is 7.97. The van der Waals surface area contributed by atoms with E-state index in [1.807, 2.05) is 24.3 Å². The molecule has 3 amide bonds. The quantitative estimate of drug-likeness (QED) is 0.416. The molecule has 192 valence electrons. The molecule has 4 N–H and O–H groups in total. The van der Waals surface area contributed by atoms with Gasteiger partial charge in [-0.3, -0.25) is 14.4 Å². The highest BCUT2D eigenvalue weighted by atomic mass is 19.2. The number of halogens is 2. The van der Waals surface area contributed by atoms with Crippen LogP contribution in [-0.4, -0.2) is 59.5 Å². The second-order valence-electron chi connectivity index (χ2n) is 10.4. The summed E-state index contributed by atoms with van der Waals surface area (Å²) in [6.45, 7) is 0.535. The molecule has 1 aromatic carbocycles. The number of H-pyrrole nitrogens is 1. The van der Waals surface area contributed by atoms with Crippen molar-refractivity contribution in [3.8, 4) is 0 Å². The Kier molecular flexibility index (Phi) is 6.53. The first-order valence-electron chi connectivity index (χ1n) is 12.5. The minimum Gasteiger partial charge on any atom is -0.356 e. The number of hydrogen-bond donors (Lipinski definition) is 4. The molecule has 1 aromatic heterocycles. The second kappa shape index (κ2) is 9.63. The number of aldehydes is 1. The number of carbonyl (C=O) groups is 4. The van der Waals surface area contributed by atoms with Gasteiger partial charge in [0.05, 0.1) is 5.54 Å². The van der Waals surface area contributed by atoms with Gasteiger partial charge in [-0.2, -0.15) is 0 Å². The van der Waals surface area contributed by atoms with Gasteiger partial charge >= 0.3 is 0 Å². The average Bonchev–Trinajstić information content (AvgIpc) is 3.17. The molecule has 2 aromatic rings. The molecule has 2 aliphatic carbocycles. The minimum absolute atomic E-state index is 0.0309. The molecule has 5 rings (SSSR count). The van der Waals surface area contributed by atoms with Crippen LogP contribution in [0.5, 0.6) is 0 Å². The fourth-order valence-corrected chi connectivity index (χ4v) is 5.80. The maximum atomic E-state index is 14.1. The Morgan fingerprint density at radius 1 is 1.17 bits per heavy atom. The fourth-order valence-electron chi connectivity index (χ4n) is 5.80. The summed E-state index contributed by atoms with van der Waals surface area (Å²) in [7, 11) is 0. The molecule has 0 bridgehead atoms. The van der Waals surface area contributed by atoms with Crippen LogP contribution >= 0.6 is 0 Å². The Morgan fingerprint density at radius 2 is 1.97 bits per heavy atom. The summed E-state index contributed by atoms with van der Waals surface area (Å²) in [5.41, 5.74) is -0.130. The van der Waals surface area contributed by atoms with E-state index in [1.54, 1.807) is 6.07 Å². The smallest absolute Gasteiger partial charge is 0.268 e. The van der Waals surface area contributed by atoms with Crippen molar-refractivity contribution in [1.82, 2.24) is 20.9 Å². The Morgan fingerprint density at radius 3 is 2.67 bits per heavy atom. The van der Waals surface area contributed by atoms with Gasteiger partial charge in [0.1, 0.15) is 30.4 Å². The summed E-state index contributed by atoms with van der Waals surface area (Å²) >= 11 is 0. The van der Waals surface area contributed by atoms with Gasteiger partial charge < -0.3 is 25.7 Å². The van der Waals surface area contributed by atoms with Crippen molar-refractivity contribution in [3.05, 3.63) is 36.0 Å². The Labute approximate surface area is 207 Å². The first kappa shape index (κ1) is 24.4. The molecule has 1 saturated heterocycles. The molecule has 0 spiro atoms. The molecule has 36 heavy (non-hydrogen) atoms. The predicted octanol–water partition coefficient (Wildman–Crippen LogP) is 2.34. The number of amides is 3. The summed E-state index contributed by atoms with van der Waals surface area (Å²) in [6.07, 6.45) is -0.952. The summed E-state index contributed by atoms with van der Waals surface area (Å²) in [5, 5.41) is 9.11. The average molecular weight is 501 g/mol. The van der Waals surface area contributed by atoms with Gasteiger partial charge in [-0.15, -0.1) is 0 Å². The predicted molar refractivity (Wildman–Crippen MR) is 127 cm³/mol. The van der Waals surface area contributed by atoms with E-state index in [0.717, 1.165) is 10.9 Å². The Hall–Kier alpha value is -3.30. The normalized spacial score (nSPS) is 32.5. The van der Waals surface area contributed by atoms with Gasteiger partial charge in [-0.25, -0.2) is 8.78 Å². The number of nitrogens with one attached hydrogen (secondary N) is 4. The first-order chi connectivity index (χ1) is 17.3. The number of aromatic nitrogens is 1. The van der Waals surface area contributed by atoms with Gasteiger partial charge in [0, 0.05) is 29.3 Å². The van der Waals surface area contributed by atoms with Gasteiger partial charge in [0.2, 0.25) is 11.8 Å². The number of fused-ring (bicyclic) bond motifs is 1. The number of alkyl halides is 2. The third kappa shape index (κ3) is 4.73. The lowest BCUT2D eigenvalue weighted by Crippen LogP contribution is -2.53. The standard InChI is InChI=1S/C26H30F2N4O4/c27-18-6-5-14(9-19(18)28)10-21(31-24(35)22-11-15-3-1-2-4-20(15)30-22)25(36)32-26(13-33)12-17(26)16-7-8-29-23(16)34/h1-4,11,13-14,16-19,21,30H,5-10,12H2,(H,29,34)(H,31,35)(H,32,36)/t14?,16-,17?,18?,19?,21-,26?/m0/s1. The van der Waals surface area contributed by atoms with Crippen molar-refractivity contribution in [2.75, 3.05) is 6.54 Å². The highest BCUT2D eigenvalue weighted by molar-refractivity contribution is 6.00. The van der Waals surface area contributed by atoms with Crippen molar-refractivity contribution in [2.45, 2.75) is 62.4 Å². The van der Waals surface area contributed by atoms with E-state index >= 15 is 0 Å². The third-order valence-electron chi connectivity index (χ3n) is 7.97. The summed E-state index contributed by atoms with van der Waals surface area (Å²) in [6, 6.07) is 7.98. The molecule has 10 heteroatoms. The lowest BCUT2D eigenvalue weighted by molar-refractivity contribution is -0.128. The topological polar surface area (TPSA) is 120 Å². The molecule has 2 saturated carbocycles. The van der Waals surface area contributed by atoms with E-state index in [9.17, 15) is 28.0 Å². The van der Waals surface area contributed by atoms with Crippen LogP contribution in [0.3, 0.4) is 0 Å². The number of carbonyl (C=O) groups excluding carboxylic acids is 4. The molecule has 7 atom stereocenters. The monoisotopic (exact) mass is 500 g/mol. The highest BCUT2D eigenvalue weighted by Gasteiger charge is 2.61. The van der Waals surface area contributed by atoms with Gasteiger partial charge in [0.15, 0.2) is 0 Å². The van der Waals surface area contributed by atoms with Crippen molar-refractivity contribution in [1.29, 1.82) is 0 Å². The number of hydrogen-bond acceptors (Lipinski definition) is 4. The van der Waals surface area contributed by atoms with Gasteiger partial charge in [-0.05, 0) is 56.6 Å². The zero-order valence-electron chi connectivity index (χ0n) is 19.8. The maximum Gasteiger partial charge on any atom is 0.268 e. The first-order valence-corrected chi connectivity index (χ1v) is 12.5. The lowest BCUT2D eigenvalue weighted by atomic mass is 9.82. The number of para-hydroxylation sites is 1. The molecular formula is C26H30F2N4O4. The van der Waals surface area contributed by atoms with Crippen LogP contribution in [-0.2, 0) is 14.4 Å². The van der Waals surface area contributed by atoms with Crippen LogP contribution < -0.4 is 16.0 Å². The van der Waals surface area contributed by atoms with Crippen molar-refractivity contribution >= 4 is 34.9 Å². The molecule has 1 aliphatic heterocycles. The minimum atomic E-state index is -1.60. The number of benzene rings is 1. The van der Waals surface area contributed by atoms with Crippen LogP contribution in [0.2, 0.25) is 0 Å². The van der Waals surface area contributed by atoms with E-state index in [-0.39, 0.29) is 48.6 Å². The zero-order valence-corrected chi connectivity index (χ0v) is 19.8. The highest BCUT2D eigenvalue weighted by Crippen LogP contribution is 2.49. The van der Waals surface area contributed by atoms with Crippen LogP contribution in [0.1, 0.15) is 49.0 Å². The van der Waals surface area contributed by atoms with Crippen LogP contribution in [0.4, 0.5) is 8.78 Å². The van der Waals surface area contributed by atoms with Gasteiger partial charge in [-0.1, -0.05) is 18.2 Å². The van der Waals surface area contributed by atoms with E-state index in [0.29, 0.717) is 32.1 Å². The van der Waals surface area contributed by atoms with E-state index in [4.69, 9.17) is 0 Å².